The Kier molecular flexibility index (Phi) is 2.54. The van der Waals surface area contributed by atoms with Crippen LogP contribution in [0.15, 0.2) is 6.33 Å². The smallest absolute Gasteiger partial charge is 0.234 e. The summed E-state index contributed by atoms with van der Waals surface area (Å²) >= 11 is 1.61. The number of fused-ring (bicyclic) bond motifs is 1. The van der Waals surface area contributed by atoms with Gasteiger partial charge < -0.3 is 4.90 Å². The third kappa shape index (κ3) is 2.01. The van der Waals surface area contributed by atoms with E-state index >= 15 is 0 Å². The fourth-order valence-corrected chi connectivity index (χ4v) is 3.66. The molecule has 4 rings (SSSR count). The number of nitrogens with zero attached hydrogens (tertiary/aromatic N) is 5. The molecule has 1 amide bonds. The van der Waals surface area contributed by atoms with Crippen molar-refractivity contribution in [2.24, 2.45) is 5.92 Å². The molecule has 0 unspecified atom stereocenters. The molecule has 2 aromatic heterocycles. The normalized spacial score (nSPS) is 21.2. The molecule has 1 saturated carbocycles. The van der Waals surface area contributed by atoms with Gasteiger partial charge in [-0.3, -0.25) is 4.79 Å². The summed E-state index contributed by atoms with van der Waals surface area (Å²) in [4.78, 5) is 14.9. The minimum absolute atomic E-state index is 0.339. The van der Waals surface area contributed by atoms with Crippen molar-refractivity contribution in [1.29, 1.82) is 0 Å². The topological polar surface area (TPSA) is 63.4 Å². The van der Waals surface area contributed by atoms with Gasteiger partial charge in [0.05, 0.1) is 0 Å². The van der Waals surface area contributed by atoms with Gasteiger partial charge in [0.25, 0.3) is 0 Å². The highest BCUT2D eigenvalue weighted by Gasteiger charge is 2.35. The van der Waals surface area contributed by atoms with Gasteiger partial charge in [-0.1, -0.05) is 11.3 Å². The third-order valence-electron chi connectivity index (χ3n) is 3.98. The van der Waals surface area contributed by atoms with Gasteiger partial charge in [-0.05, 0) is 25.7 Å². The number of piperidine rings is 1. The van der Waals surface area contributed by atoms with Crippen LogP contribution in [-0.4, -0.2) is 43.7 Å². The van der Waals surface area contributed by atoms with E-state index in [1.807, 2.05) is 4.90 Å². The molecule has 0 bridgehead atoms. The number of rotatable bonds is 2. The summed E-state index contributed by atoms with van der Waals surface area (Å²) < 4.78 is 1.74. The first-order valence-corrected chi connectivity index (χ1v) is 7.58. The Hall–Kier alpha value is -1.50. The molecular weight excluding hydrogens is 262 g/mol. The van der Waals surface area contributed by atoms with Gasteiger partial charge in [-0.2, -0.15) is 9.61 Å². The molecule has 2 fully saturated rings. The second-order valence-corrected chi connectivity index (χ2v) is 6.36. The first-order valence-electron chi connectivity index (χ1n) is 6.77. The van der Waals surface area contributed by atoms with E-state index in [-0.39, 0.29) is 0 Å². The van der Waals surface area contributed by atoms with E-state index in [9.17, 15) is 4.79 Å². The fraction of sp³-hybridized carbons (Fsp3) is 0.667. The lowest BCUT2D eigenvalue weighted by molar-refractivity contribution is -0.133. The standard InChI is InChI=1S/C12H15N5OS/c18-11(9-1-2-9)16-5-3-8(4-6-16)10-15-17-7-13-14-12(17)19-10/h7-9H,1-6H2. The van der Waals surface area contributed by atoms with Gasteiger partial charge in [0.1, 0.15) is 11.3 Å². The monoisotopic (exact) mass is 277 g/mol. The van der Waals surface area contributed by atoms with Crippen LogP contribution in [0.1, 0.15) is 36.6 Å². The van der Waals surface area contributed by atoms with Gasteiger partial charge in [-0.15, -0.1) is 10.2 Å². The van der Waals surface area contributed by atoms with Crippen LogP contribution in [0.3, 0.4) is 0 Å². The molecule has 0 spiro atoms. The van der Waals surface area contributed by atoms with Gasteiger partial charge in [0.2, 0.25) is 10.9 Å². The number of hydrogen-bond donors (Lipinski definition) is 0. The Balaban J connectivity index is 1.44. The number of hydrogen-bond acceptors (Lipinski definition) is 5. The molecule has 2 aliphatic rings. The van der Waals surface area contributed by atoms with E-state index in [4.69, 9.17) is 0 Å². The van der Waals surface area contributed by atoms with Gasteiger partial charge in [-0.25, -0.2) is 0 Å². The Morgan fingerprint density at radius 2 is 2.05 bits per heavy atom. The average molecular weight is 277 g/mol. The zero-order valence-electron chi connectivity index (χ0n) is 10.5. The summed E-state index contributed by atoms with van der Waals surface area (Å²) in [6.45, 7) is 1.75. The lowest BCUT2D eigenvalue weighted by atomic mass is 9.97. The summed E-state index contributed by atoms with van der Waals surface area (Å²) in [6.07, 6.45) is 5.86. The van der Waals surface area contributed by atoms with E-state index in [1.54, 1.807) is 22.2 Å². The zero-order valence-corrected chi connectivity index (χ0v) is 11.3. The van der Waals surface area contributed by atoms with Gasteiger partial charge >= 0.3 is 0 Å². The van der Waals surface area contributed by atoms with Crippen LogP contribution < -0.4 is 0 Å². The molecular formula is C12H15N5OS. The molecule has 6 nitrogen and oxygen atoms in total. The summed E-state index contributed by atoms with van der Waals surface area (Å²) in [5.41, 5.74) is 0. The van der Waals surface area contributed by atoms with Crippen molar-refractivity contribution in [2.45, 2.75) is 31.6 Å². The molecule has 0 aromatic carbocycles. The van der Waals surface area contributed by atoms with Crippen LogP contribution >= 0.6 is 11.3 Å². The average Bonchev–Trinajstić information content (AvgIpc) is 3.06. The molecule has 100 valence electrons. The first-order chi connectivity index (χ1) is 9.31. The number of carbonyl (C=O) groups is 1. The minimum Gasteiger partial charge on any atom is -0.342 e. The minimum atomic E-state index is 0.339. The highest BCUT2D eigenvalue weighted by Crippen LogP contribution is 2.35. The second kappa shape index (κ2) is 4.26. The fourth-order valence-electron chi connectivity index (χ4n) is 2.68. The molecule has 0 N–H and O–H groups in total. The number of amides is 1. The van der Waals surface area contributed by atoms with Crippen molar-refractivity contribution in [3.05, 3.63) is 11.3 Å². The summed E-state index contributed by atoms with van der Waals surface area (Å²) in [6, 6.07) is 0. The van der Waals surface area contributed by atoms with Crippen molar-refractivity contribution in [3.63, 3.8) is 0 Å². The molecule has 0 atom stereocenters. The Bertz CT molecular complexity index is 580. The molecule has 3 heterocycles. The summed E-state index contributed by atoms with van der Waals surface area (Å²) in [7, 11) is 0. The van der Waals surface area contributed by atoms with Crippen LogP contribution in [0, 0.1) is 5.92 Å². The lowest BCUT2D eigenvalue weighted by Crippen LogP contribution is -2.38. The lowest BCUT2D eigenvalue weighted by Gasteiger charge is -2.31. The number of carbonyl (C=O) groups excluding carboxylic acids is 1. The molecule has 19 heavy (non-hydrogen) atoms. The highest BCUT2D eigenvalue weighted by molar-refractivity contribution is 7.16. The molecule has 0 radical (unpaired) electrons. The molecule has 1 aliphatic carbocycles. The molecule has 2 aromatic rings. The van der Waals surface area contributed by atoms with E-state index in [1.165, 1.54) is 0 Å². The number of aromatic nitrogens is 4. The molecule has 1 aliphatic heterocycles. The Labute approximate surface area is 114 Å². The van der Waals surface area contributed by atoms with E-state index < -0.39 is 0 Å². The van der Waals surface area contributed by atoms with Crippen molar-refractivity contribution < 1.29 is 4.79 Å². The third-order valence-corrected chi connectivity index (χ3v) is 5.06. The molecule has 7 heteroatoms. The maximum Gasteiger partial charge on any atom is 0.234 e. The maximum atomic E-state index is 12.0. The van der Waals surface area contributed by atoms with Crippen molar-refractivity contribution >= 4 is 22.2 Å². The Morgan fingerprint density at radius 3 is 2.74 bits per heavy atom. The quantitative estimate of drug-likeness (QED) is 0.830. The second-order valence-electron chi connectivity index (χ2n) is 5.37. The van der Waals surface area contributed by atoms with Crippen LogP contribution in [0.4, 0.5) is 0 Å². The van der Waals surface area contributed by atoms with Gasteiger partial charge in [0, 0.05) is 24.9 Å². The predicted octanol–water partition coefficient (Wildman–Crippen LogP) is 1.30. The maximum absolute atomic E-state index is 12.0. The SMILES string of the molecule is O=C(C1CC1)N1CCC(c2nn3cnnc3s2)CC1. The summed E-state index contributed by atoms with van der Waals surface area (Å²) in [5.74, 6) is 1.18. The van der Waals surface area contributed by atoms with E-state index in [0.717, 1.165) is 48.7 Å². The van der Waals surface area contributed by atoms with Crippen molar-refractivity contribution in [1.82, 2.24) is 24.7 Å². The van der Waals surface area contributed by atoms with Gasteiger partial charge in [0.15, 0.2) is 0 Å². The summed E-state index contributed by atoms with van der Waals surface area (Å²) in [5, 5.41) is 13.5. The zero-order chi connectivity index (χ0) is 12.8. The van der Waals surface area contributed by atoms with Crippen molar-refractivity contribution in [2.75, 3.05) is 13.1 Å². The Morgan fingerprint density at radius 1 is 1.26 bits per heavy atom. The van der Waals surface area contributed by atoms with Crippen LogP contribution in [0.2, 0.25) is 0 Å². The molecule has 1 saturated heterocycles. The predicted molar refractivity (Wildman–Crippen MR) is 69.9 cm³/mol. The van der Waals surface area contributed by atoms with Crippen LogP contribution in [0.25, 0.3) is 4.96 Å². The van der Waals surface area contributed by atoms with E-state index in [0.29, 0.717) is 17.7 Å². The van der Waals surface area contributed by atoms with Crippen LogP contribution in [-0.2, 0) is 4.79 Å². The first kappa shape index (κ1) is 11.3. The number of likely N-dealkylation sites (tertiary alicyclic amines) is 1. The van der Waals surface area contributed by atoms with Crippen molar-refractivity contribution in [3.8, 4) is 0 Å². The van der Waals surface area contributed by atoms with E-state index in [2.05, 4.69) is 15.3 Å². The van der Waals surface area contributed by atoms with Crippen LogP contribution in [0.5, 0.6) is 0 Å². The highest BCUT2D eigenvalue weighted by atomic mass is 32.1. The largest absolute Gasteiger partial charge is 0.342 e.